The van der Waals surface area contributed by atoms with Crippen LogP contribution in [0.25, 0.3) is 0 Å². The van der Waals surface area contributed by atoms with Crippen molar-refractivity contribution in [1.82, 2.24) is 20.7 Å². The molecule has 0 aromatic rings. The molecule has 0 unspecified atom stereocenters. The van der Waals surface area contributed by atoms with Gasteiger partial charge in [-0.2, -0.15) is 10.2 Å². The molecule has 0 aliphatic carbocycles. The molecule has 12 heteroatoms. The largest absolute Gasteiger partial charge is 0.277 e. The molecule has 174 valence electrons. The standard InChI is InChI=1S/C20H28N6O6/c1-13(11-25-17(29)7-8-18(25)30)21-23-15(27)5-3-4-6-16(28)24-22-14(2)12-26-19(31)9-10-20(26)32/h3-12H2,1-2H3,(H,23,27)(H,24,28)/b21-13-,22-14+. The van der Waals surface area contributed by atoms with Crippen molar-refractivity contribution in [2.75, 3.05) is 13.1 Å². The summed E-state index contributed by atoms with van der Waals surface area (Å²) in [4.78, 5) is 72.2. The molecule has 2 fully saturated rings. The molecular formula is C20H28N6O6. The van der Waals surface area contributed by atoms with E-state index in [0.29, 0.717) is 24.3 Å². The molecule has 0 radical (unpaired) electrons. The van der Waals surface area contributed by atoms with Crippen molar-refractivity contribution in [1.29, 1.82) is 0 Å². The third-order valence-corrected chi connectivity index (χ3v) is 4.88. The summed E-state index contributed by atoms with van der Waals surface area (Å²) in [6.45, 7) is 3.33. The molecule has 0 atom stereocenters. The van der Waals surface area contributed by atoms with Crippen LogP contribution >= 0.6 is 0 Å². The number of rotatable bonds is 11. The van der Waals surface area contributed by atoms with Gasteiger partial charge in [-0.05, 0) is 26.7 Å². The highest BCUT2D eigenvalue weighted by molar-refractivity contribution is 6.06. The average Bonchev–Trinajstić information content (AvgIpc) is 3.24. The Morgan fingerprint density at radius 1 is 0.688 bits per heavy atom. The van der Waals surface area contributed by atoms with Gasteiger partial charge in [-0.1, -0.05) is 0 Å². The number of unbranched alkanes of at least 4 members (excludes halogenated alkanes) is 1. The number of imide groups is 2. The molecular weight excluding hydrogens is 420 g/mol. The van der Waals surface area contributed by atoms with Crippen LogP contribution in [0.1, 0.15) is 65.2 Å². The first kappa shape index (κ1) is 24.8. The Labute approximate surface area is 185 Å². The lowest BCUT2D eigenvalue weighted by molar-refractivity contribution is -0.139. The zero-order valence-electron chi connectivity index (χ0n) is 18.3. The number of nitrogens with zero attached hydrogens (tertiary/aromatic N) is 4. The lowest BCUT2D eigenvalue weighted by Crippen LogP contribution is -2.34. The number of likely N-dealkylation sites (tertiary alicyclic amines) is 2. The van der Waals surface area contributed by atoms with Gasteiger partial charge in [0, 0.05) is 38.5 Å². The predicted molar refractivity (Wildman–Crippen MR) is 113 cm³/mol. The smallest absolute Gasteiger partial charge is 0.240 e. The van der Waals surface area contributed by atoms with Gasteiger partial charge in [0.05, 0.1) is 24.5 Å². The summed E-state index contributed by atoms with van der Waals surface area (Å²) >= 11 is 0. The van der Waals surface area contributed by atoms with Gasteiger partial charge in [0.2, 0.25) is 35.4 Å². The second-order valence-electron chi connectivity index (χ2n) is 7.72. The van der Waals surface area contributed by atoms with E-state index in [1.807, 2.05) is 0 Å². The summed E-state index contributed by atoms with van der Waals surface area (Å²) < 4.78 is 0. The summed E-state index contributed by atoms with van der Waals surface area (Å²) in [5, 5.41) is 7.79. The molecule has 2 heterocycles. The van der Waals surface area contributed by atoms with E-state index < -0.39 is 0 Å². The Morgan fingerprint density at radius 3 is 1.31 bits per heavy atom. The number of hydrogen-bond acceptors (Lipinski definition) is 8. The predicted octanol–water partition coefficient (Wildman–Crippen LogP) is -0.171. The van der Waals surface area contributed by atoms with Crippen LogP contribution in [-0.2, 0) is 28.8 Å². The number of hydrazone groups is 2. The number of carbonyl (C=O) groups is 6. The minimum atomic E-state index is -0.336. The Bertz CT molecular complexity index is 763. The van der Waals surface area contributed by atoms with Gasteiger partial charge in [-0.25, -0.2) is 10.9 Å². The molecule has 6 amide bonds. The molecule has 2 rings (SSSR count). The Kier molecular flexibility index (Phi) is 9.17. The zero-order chi connectivity index (χ0) is 23.7. The van der Waals surface area contributed by atoms with Crippen LogP contribution in [-0.4, -0.2) is 69.8 Å². The quantitative estimate of drug-likeness (QED) is 0.193. The minimum Gasteiger partial charge on any atom is -0.277 e. The van der Waals surface area contributed by atoms with Gasteiger partial charge in [0.15, 0.2) is 0 Å². The van der Waals surface area contributed by atoms with E-state index in [4.69, 9.17) is 0 Å². The highest BCUT2D eigenvalue weighted by Crippen LogP contribution is 2.12. The van der Waals surface area contributed by atoms with Gasteiger partial charge < -0.3 is 0 Å². The number of amides is 6. The molecule has 0 spiro atoms. The van der Waals surface area contributed by atoms with Crippen molar-refractivity contribution in [3.63, 3.8) is 0 Å². The van der Waals surface area contributed by atoms with Gasteiger partial charge in [-0.15, -0.1) is 0 Å². The minimum absolute atomic E-state index is 0.0537. The first-order chi connectivity index (χ1) is 15.2. The van der Waals surface area contributed by atoms with Crippen molar-refractivity contribution in [3.05, 3.63) is 0 Å². The van der Waals surface area contributed by atoms with Crippen LogP contribution in [0.5, 0.6) is 0 Å². The van der Waals surface area contributed by atoms with Gasteiger partial charge >= 0.3 is 0 Å². The van der Waals surface area contributed by atoms with Gasteiger partial charge in [0.25, 0.3) is 0 Å². The molecule has 32 heavy (non-hydrogen) atoms. The fourth-order valence-corrected chi connectivity index (χ4v) is 3.13. The van der Waals surface area contributed by atoms with Gasteiger partial charge in [-0.3, -0.25) is 38.6 Å². The maximum atomic E-state index is 11.8. The van der Waals surface area contributed by atoms with Crippen LogP contribution in [0.3, 0.4) is 0 Å². The normalized spacial score (nSPS) is 17.4. The summed E-state index contributed by atoms with van der Waals surface area (Å²) in [7, 11) is 0. The van der Waals surface area contributed by atoms with Crippen LogP contribution in [0.2, 0.25) is 0 Å². The Balaban J connectivity index is 1.60. The first-order valence-electron chi connectivity index (χ1n) is 10.5. The number of carbonyl (C=O) groups excluding carboxylic acids is 6. The van der Waals surface area contributed by atoms with Crippen LogP contribution < -0.4 is 10.9 Å². The lowest BCUT2D eigenvalue weighted by Gasteiger charge is -2.13. The lowest BCUT2D eigenvalue weighted by atomic mass is 10.2. The average molecular weight is 448 g/mol. The molecule has 2 aliphatic rings. The monoisotopic (exact) mass is 448 g/mol. The summed E-state index contributed by atoms with van der Waals surface area (Å²) in [5.41, 5.74) is 5.62. The zero-order valence-corrected chi connectivity index (χ0v) is 18.3. The van der Waals surface area contributed by atoms with Crippen molar-refractivity contribution >= 4 is 46.9 Å². The number of nitrogens with one attached hydrogen (secondary N) is 2. The SMILES string of the molecule is C/C(CN1C(=O)CCC1=O)=N/NC(=O)CCCCC(=O)N/N=C(\C)CN1C(=O)CCC1=O. The Morgan fingerprint density at radius 2 is 1.00 bits per heavy atom. The van der Waals surface area contributed by atoms with Crippen LogP contribution in [0.15, 0.2) is 10.2 Å². The van der Waals surface area contributed by atoms with Crippen LogP contribution in [0.4, 0.5) is 0 Å². The molecule has 0 saturated carbocycles. The van der Waals surface area contributed by atoms with Crippen molar-refractivity contribution < 1.29 is 28.8 Å². The van der Waals surface area contributed by atoms with Crippen molar-refractivity contribution in [2.45, 2.75) is 65.2 Å². The number of hydrogen-bond donors (Lipinski definition) is 2. The molecule has 2 aliphatic heterocycles. The molecule has 0 aromatic heterocycles. The third kappa shape index (κ3) is 7.67. The Hall–Kier alpha value is -3.44. The second kappa shape index (κ2) is 11.8. The van der Waals surface area contributed by atoms with E-state index in [1.165, 1.54) is 0 Å². The maximum absolute atomic E-state index is 11.8. The van der Waals surface area contributed by atoms with E-state index >= 15 is 0 Å². The summed E-state index contributed by atoms with van der Waals surface area (Å²) in [6.07, 6.45) is 2.04. The van der Waals surface area contributed by atoms with E-state index in [-0.39, 0.29) is 87.1 Å². The topological polar surface area (TPSA) is 158 Å². The van der Waals surface area contributed by atoms with Crippen LogP contribution in [0, 0.1) is 0 Å². The highest BCUT2D eigenvalue weighted by atomic mass is 16.2. The van der Waals surface area contributed by atoms with E-state index in [1.54, 1.807) is 13.8 Å². The van der Waals surface area contributed by atoms with Gasteiger partial charge in [0.1, 0.15) is 0 Å². The molecule has 0 bridgehead atoms. The molecule has 12 nitrogen and oxygen atoms in total. The second-order valence-corrected chi connectivity index (χ2v) is 7.72. The van der Waals surface area contributed by atoms with Crippen molar-refractivity contribution in [2.24, 2.45) is 10.2 Å². The maximum Gasteiger partial charge on any atom is 0.240 e. The molecule has 0 aromatic carbocycles. The fraction of sp³-hybridized carbons (Fsp3) is 0.600. The molecule has 2 N–H and O–H groups in total. The van der Waals surface area contributed by atoms with E-state index in [2.05, 4.69) is 21.1 Å². The summed E-state index contributed by atoms with van der Waals surface area (Å²) in [6, 6.07) is 0. The van der Waals surface area contributed by atoms with E-state index in [0.717, 1.165) is 9.80 Å². The highest BCUT2D eigenvalue weighted by Gasteiger charge is 2.29. The summed E-state index contributed by atoms with van der Waals surface area (Å²) in [5.74, 6) is -1.65. The first-order valence-corrected chi connectivity index (χ1v) is 10.5. The van der Waals surface area contributed by atoms with Crippen molar-refractivity contribution in [3.8, 4) is 0 Å². The van der Waals surface area contributed by atoms with E-state index in [9.17, 15) is 28.8 Å². The fourth-order valence-electron chi connectivity index (χ4n) is 3.13. The third-order valence-electron chi connectivity index (χ3n) is 4.88. The molecule has 2 saturated heterocycles.